The van der Waals surface area contributed by atoms with E-state index in [0.717, 1.165) is 37.2 Å². The number of likely N-dealkylation sites (tertiary alicyclic amines) is 1. The molecule has 0 aliphatic carbocycles. The second-order valence-electron chi connectivity index (χ2n) is 8.70. The highest BCUT2D eigenvalue weighted by Gasteiger charge is 2.31. The Bertz CT molecular complexity index is 688. The molecule has 2 N–H and O–H groups in total. The van der Waals surface area contributed by atoms with E-state index < -0.39 is 0 Å². The molecule has 0 saturated carbocycles. The van der Waals surface area contributed by atoms with Crippen LogP contribution in [0.25, 0.3) is 0 Å². The first-order valence-corrected chi connectivity index (χ1v) is 11.9. The molecule has 1 fully saturated rings. The van der Waals surface area contributed by atoms with Crippen molar-refractivity contribution in [3.8, 4) is 6.01 Å². The minimum Gasteiger partial charge on any atom is -0.463 e. The quantitative estimate of drug-likeness (QED) is 0.521. The Balaban J connectivity index is 1.40. The summed E-state index contributed by atoms with van der Waals surface area (Å²) in [7, 11) is 0. The number of hydrogen-bond acceptors (Lipinski definition) is 6. The van der Waals surface area contributed by atoms with Crippen LogP contribution in [0.4, 0.5) is 11.6 Å². The summed E-state index contributed by atoms with van der Waals surface area (Å²) in [6, 6.07) is 0.286. The van der Waals surface area contributed by atoms with E-state index in [1.54, 1.807) is 4.90 Å². The first kappa shape index (κ1) is 22.8. The molecule has 0 unspecified atom stereocenters. The summed E-state index contributed by atoms with van der Waals surface area (Å²) >= 11 is 0. The van der Waals surface area contributed by atoms with Crippen LogP contribution >= 0.6 is 0 Å². The van der Waals surface area contributed by atoms with Crippen LogP contribution in [0.5, 0.6) is 6.01 Å². The SMILES string of the molecule is CCCCOc1nc(N)c2c(n1)N(CCCCCCC1CCN(CC)CC1)C(=O)C2. The molecule has 30 heavy (non-hydrogen) atoms. The summed E-state index contributed by atoms with van der Waals surface area (Å²) in [6.07, 6.45) is 11.0. The summed E-state index contributed by atoms with van der Waals surface area (Å²) in [4.78, 5) is 25.5. The van der Waals surface area contributed by atoms with Crippen LogP contribution in [0.2, 0.25) is 0 Å². The van der Waals surface area contributed by atoms with Gasteiger partial charge in [0.15, 0.2) is 0 Å². The predicted molar refractivity (Wildman–Crippen MR) is 121 cm³/mol. The number of nitrogens with two attached hydrogens (primary N) is 1. The number of carbonyl (C=O) groups excluding carboxylic acids is 1. The molecule has 1 saturated heterocycles. The zero-order valence-corrected chi connectivity index (χ0v) is 18.9. The van der Waals surface area contributed by atoms with Gasteiger partial charge in [-0.3, -0.25) is 9.69 Å². The van der Waals surface area contributed by atoms with Crippen LogP contribution in [0, 0.1) is 5.92 Å². The molecule has 2 aliphatic heterocycles. The van der Waals surface area contributed by atoms with Crippen molar-refractivity contribution >= 4 is 17.5 Å². The normalized spacial score (nSPS) is 17.5. The lowest BCUT2D eigenvalue weighted by molar-refractivity contribution is -0.117. The van der Waals surface area contributed by atoms with Gasteiger partial charge in [0.2, 0.25) is 5.91 Å². The van der Waals surface area contributed by atoms with Crippen molar-refractivity contribution in [3.05, 3.63) is 5.56 Å². The van der Waals surface area contributed by atoms with Gasteiger partial charge in [0.25, 0.3) is 0 Å². The average Bonchev–Trinajstić information content (AvgIpc) is 3.07. The summed E-state index contributed by atoms with van der Waals surface area (Å²) in [6.45, 7) is 9.36. The Labute approximate surface area is 181 Å². The van der Waals surface area contributed by atoms with Crippen molar-refractivity contribution in [3.63, 3.8) is 0 Å². The zero-order chi connectivity index (χ0) is 21.3. The maximum atomic E-state index is 12.5. The van der Waals surface area contributed by atoms with Gasteiger partial charge >= 0.3 is 6.01 Å². The third kappa shape index (κ3) is 6.06. The summed E-state index contributed by atoms with van der Waals surface area (Å²) in [5.74, 6) is 2.00. The topological polar surface area (TPSA) is 84.6 Å². The molecule has 2 aliphatic rings. The highest BCUT2D eigenvalue weighted by Crippen LogP contribution is 2.32. The predicted octanol–water partition coefficient (Wildman–Crippen LogP) is 3.81. The fourth-order valence-electron chi connectivity index (χ4n) is 4.48. The van der Waals surface area contributed by atoms with Crippen molar-refractivity contribution in [2.75, 3.05) is 43.4 Å². The number of unbranched alkanes of at least 4 members (excludes halogenated alkanes) is 4. The molecular formula is C23H39N5O2. The highest BCUT2D eigenvalue weighted by molar-refractivity contribution is 6.01. The third-order valence-electron chi connectivity index (χ3n) is 6.51. The lowest BCUT2D eigenvalue weighted by Crippen LogP contribution is -2.33. The second-order valence-corrected chi connectivity index (χ2v) is 8.70. The van der Waals surface area contributed by atoms with E-state index in [4.69, 9.17) is 10.5 Å². The molecule has 1 aromatic rings. The number of amides is 1. The number of ether oxygens (including phenoxy) is 1. The maximum Gasteiger partial charge on any atom is 0.320 e. The monoisotopic (exact) mass is 417 g/mol. The summed E-state index contributed by atoms with van der Waals surface area (Å²) in [5, 5.41) is 0. The van der Waals surface area contributed by atoms with Crippen LogP contribution in [0.3, 0.4) is 0 Å². The minimum absolute atomic E-state index is 0.0689. The van der Waals surface area contributed by atoms with Crippen LogP contribution in [-0.2, 0) is 11.2 Å². The molecule has 0 atom stereocenters. The van der Waals surface area contributed by atoms with Gasteiger partial charge in [-0.05, 0) is 51.2 Å². The van der Waals surface area contributed by atoms with E-state index in [0.29, 0.717) is 31.2 Å². The van der Waals surface area contributed by atoms with Gasteiger partial charge in [-0.2, -0.15) is 9.97 Å². The Kier molecular flexibility index (Phi) is 8.73. The first-order valence-electron chi connectivity index (χ1n) is 11.9. The molecule has 7 nitrogen and oxygen atoms in total. The molecule has 1 amide bonds. The van der Waals surface area contributed by atoms with Crippen molar-refractivity contribution in [2.24, 2.45) is 5.92 Å². The number of hydrogen-bond donors (Lipinski definition) is 1. The van der Waals surface area contributed by atoms with Crippen LogP contribution in [0.1, 0.15) is 77.2 Å². The Morgan fingerprint density at radius 1 is 1.07 bits per heavy atom. The maximum absolute atomic E-state index is 12.5. The minimum atomic E-state index is 0.0689. The fourth-order valence-corrected chi connectivity index (χ4v) is 4.48. The second kappa shape index (κ2) is 11.5. The van der Waals surface area contributed by atoms with E-state index in [1.807, 2.05) is 0 Å². The Morgan fingerprint density at radius 2 is 1.83 bits per heavy atom. The van der Waals surface area contributed by atoms with Crippen LogP contribution in [0.15, 0.2) is 0 Å². The number of fused-ring (bicyclic) bond motifs is 1. The molecule has 0 spiro atoms. The third-order valence-corrected chi connectivity index (χ3v) is 6.51. The van der Waals surface area contributed by atoms with E-state index in [9.17, 15) is 4.79 Å². The molecule has 1 aromatic heterocycles. The van der Waals surface area contributed by atoms with E-state index >= 15 is 0 Å². The fraction of sp³-hybridized carbons (Fsp3) is 0.783. The number of carbonyl (C=O) groups is 1. The molecular weight excluding hydrogens is 378 g/mol. The van der Waals surface area contributed by atoms with Gasteiger partial charge in [-0.1, -0.05) is 46.0 Å². The smallest absolute Gasteiger partial charge is 0.320 e. The van der Waals surface area contributed by atoms with Gasteiger partial charge in [0, 0.05) is 12.1 Å². The van der Waals surface area contributed by atoms with E-state index in [2.05, 4.69) is 28.7 Å². The first-order chi connectivity index (χ1) is 14.6. The Hall–Kier alpha value is -1.89. The zero-order valence-electron chi connectivity index (χ0n) is 18.9. The number of nitrogens with zero attached hydrogens (tertiary/aromatic N) is 4. The van der Waals surface area contributed by atoms with Gasteiger partial charge in [-0.25, -0.2) is 0 Å². The molecule has 3 rings (SSSR count). The molecule has 168 valence electrons. The van der Waals surface area contributed by atoms with Gasteiger partial charge < -0.3 is 15.4 Å². The number of aromatic nitrogens is 2. The highest BCUT2D eigenvalue weighted by atomic mass is 16.5. The van der Waals surface area contributed by atoms with Crippen LogP contribution in [-0.4, -0.2) is 53.6 Å². The van der Waals surface area contributed by atoms with Crippen molar-refractivity contribution in [1.29, 1.82) is 0 Å². The Morgan fingerprint density at radius 3 is 2.57 bits per heavy atom. The largest absolute Gasteiger partial charge is 0.463 e. The van der Waals surface area contributed by atoms with Gasteiger partial charge in [0.1, 0.15) is 11.6 Å². The number of anilines is 2. The molecule has 0 bridgehead atoms. The number of piperidine rings is 1. The number of rotatable bonds is 12. The summed E-state index contributed by atoms with van der Waals surface area (Å²) < 4.78 is 5.62. The van der Waals surface area contributed by atoms with E-state index in [-0.39, 0.29) is 11.9 Å². The average molecular weight is 418 g/mol. The van der Waals surface area contributed by atoms with Crippen molar-refractivity contribution < 1.29 is 9.53 Å². The number of nitrogen functional groups attached to an aromatic ring is 1. The van der Waals surface area contributed by atoms with Crippen molar-refractivity contribution in [1.82, 2.24) is 14.9 Å². The van der Waals surface area contributed by atoms with Gasteiger partial charge in [-0.15, -0.1) is 0 Å². The molecule has 7 heteroatoms. The summed E-state index contributed by atoms with van der Waals surface area (Å²) in [5.41, 5.74) is 6.82. The lowest BCUT2D eigenvalue weighted by atomic mass is 9.91. The van der Waals surface area contributed by atoms with Crippen LogP contribution < -0.4 is 15.4 Å². The molecule has 0 radical (unpaired) electrons. The molecule has 3 heterocycles. The van der Waals surface area contributed by atoms with Gasteiger partial charge in [0.05, 0.1) is 13.0 Å². The standard InChI is InChI=1S/C23H39N5O2/c1-3-5-16-30-23-25-21(24)19-17-20(29)28(22(19)26-23)13-9-7-6-8-10-18-11-14-27(4-2)15-12-18/h18H,3-17H2,1-2H3,(H2,24,25,26). The lowest BCUT2D eigenvalue weighted by Gasteiger charge is -2.31. The van der Waals surface area contributed by atoms with E-state index in [1.165, 1.54) is 51.7 Å². The van der Waals surface area contributed by atoms with Crippen molar-refractivity contribution in [2.45, 2.75) is 78.1 Å². The molecule has 0 aromatic carbocycles.